The first-order valence-corrected chi connectivity index (χ1v) is 9.54. The summed E-state index contributed by atoms with van der Waals surface area (Å²) in [5.41, 5.74) is 5.04. The fourth-order valence-electron chi connectivity index (χ4n) is 2.99. The van der Waals surface area contributed by atoms with Gasteiger partial charge in [-0.05, 0) is 50.9 Å². The minimum absolute atomic E-state index is 0.0182. The summed E-state index contributed by atoms with van der Waals surface area (Å²) in [4.78, 5) is 36.4. The zero-order chi connectivity index (χ0) is 19.1. The number of benzene rings is 1. The number of rotatable bonds is 8. The van der Waals surface area contributed by atoms with Crippen LogP contribution in [0.2, 0.25) is 0 Å². The number of hydrogen-bond donors (Lipinski definition) is 2. The second kappa shape index (κ2) is 9.54. The third-order valence-electron chi connectivity index (χ3n) is 4.56. The van der Waals surface area contributed by atoms with E-state index in [1.807, 2.05) is 11.9 Å². The molecule has 9 heteroatoms. The van der Waals surface area contributed by atoms with Crippen LogP contribution < -0.4 is 11.1 Å². The highest BCUT2D eigenvalue weighted by Gasteiger charge is 2.24. The molecule has 0 spiro atoms. The first kappa shape index (κ1) is 20.2. The molecule has 1 heterocycles. The minimum atomic E-state index is -0.720. The van der Waals surface area contributed by atoms with Gasteiger partial charge < -0.3 is 16.0 Å². The smallest absolute Gasteiger partial charge is 0.283 e. The molecule has 26 heavy (non-hydrogen) atoms. The van der Waals surface area contributed by atoms with Crippen LogP contribution in [0, 0.1) is 16.0 Å². The van der Waals surface area contributed by atoms with E-state index in [-0.39, 0.29) is 22.9 Å². The lowest BCUT2D eigenvalue weighted by Gasteiger charge is -2.32. The number of carbonyl (C=O) groups is 2. The highest BCUT2D eigenvalue weighted by atomic mass is 32.2. The maximum atomic E-state index is 12.4. The number of nitrogens with one attached hydrogen (secondary N) is 1. The Morgan fingerprint density at radius 2 is 2.08 bits per heavy atom. The molecule has 0 radical (unpaired) electrons. The van der Waals surface area contributed by atoms with Gasteiger partial charge in [0.15, 0.2) is 0 Å². The van der Waals surface area contributed by atoms with Crippen LogP contribution in [0.1, 0.15) is 29.6 Å². The summed E-state index contributed by atoms with van der Waals surface area (Å²) < 4.78 is 0. The molecular weight excluding hydrogens is 356 g/mol. The van der Waals surface area contributed by atoms with Crippen molar-refractivity contribution >= 4 is 29.3 Å². The highest BCUT2D eigenvalue weighted by Crippen LogP contribution is 2.30. The predicted molar refractivity (Wildman–Crippen MR) is 100 cm³/mol. The summed E-state index contributed by atoms with van der Waals surface area (Å²) in [5.74, 6) is 0.0385. The van der Waals surface area contributed by atoms with E-state index in [4.69, 9.17) is 5.73 Å². The molecule has 0 saturated carbocycles. The lowest BCUT2D eigenvalue weighted by Crippen LogP contribution is -2.39. The van der Waals surface area contributed by atoms with E-state index in [0.29, 0.717) is 10.8 Å². The van der Waals surface area contributed by atoms with Crippen LogP contribution in [0.15, 0.2) is 23.1 Å². The molecule has 1 aliphatic rings. The molecule has 1 aliphatic heterocycles. The van der Waals surface area contributed by atoms with E-state index in [0.717, 1.165) is 56.7 Å². The van der Waals surface area contributed by atoms with E-state index in [2.05, 4.69) is 5.32 Å². The van der Waals surface area contributed by atoms with E-state index in [1.54, 1.807) is 0 Å². The van der Waals surface area contributed by atoms with Crippen LogP contribution in [0.3, 0.4) is 0 Å². The topological polar surface area (TPSA) is 119 Å². The molecule has 3 N–H and O–H groups in total. The summed E-state index contributed by atoms with van der Waals surface area (Å²) in [6.45, 7) is 2.45. The quantitative estimate of drug-likeness (QED) is 0.402. The SMILES string of the molecule is CNCCC1CCN(C(=O)CSc2ccc(C(N)=O)cc2[N+](=O)[O-])CC1. The average molecular weight is 380 g/mol. The maximum absolute atomic E-state index is 12.4. The van der Waals surface area contributed by atoms with Crippen molar-refractivity contribution in [2.24, 2.45) is 11.7 Å². The molecule has 1 aromatic carbocycles. The lowest BCUT2D eigenvalue weighted by molar-refractivity contribution is -0.387. The summed E-state index contributed by atoms with van der Waals surface area (Å²) in [5, 5.41) is 14.3. The Morgan fingerprint density at radius 3 is 2.65 bits per heavy atom. The Kier molecular flexibility index (Phi) is 7.40. The molecule has 0 aliphatic carbocycles. The Balaban J connectivity index is 1.91. The normalized spacial score (nSPS) is 15.0. The number of nitro groups is 1. The molecule has 2 amide bonds. The van der Waals surface area contributed by atoms with Crippen molar-refractivity contribution in [1.29, 1.82) is 0 Å². The van der Waals surface area contributed by atoms with Gasteiger partial charge in [0.1, 0.15) is 0 Å². The van der Waals surface area contributed by atoms with E-state index < -0.39 is 10.8 Å². The number of nitro benzene ring substituents is 1. The van der Waals surface area contributed by atoms with Crippen molar-refractivity contribution in [2.75, 3.05) is 32.4 Å². The molecule has 0 atom stereocenters. The number of primary amides is 1. The number of carbonyl (C=O) groups excluding carboxylic acids is 2. The van der Waals surface area contributed by atoms with Crippen LogP contribution in [-0.4, -0.2) is 54.1 Å². The van der Waals surface area contributed by atoms with Gasteiger partial charge in [0.25, 0.3) is 5.69 Å². The molecule has 1 saturated heterocycles. The van der Waals surface area contributed by atoms with E-state index in [1.165, 1.54) is 12.1 Å². The lowest BCUT2D eigenvalue weighted by atomic mass is 9.93. The van der Waals surface area contributed by atoms with Crippen molar-refractivity contribution in [2.45, 2.75) is 24.2 Å². The summed E-state index contributed by atoms with van der Waals surface area (Å²) in [6.07, 6.45) is 3.10. The van der Waals surface area contributed by atoms with Gasteiger partial charge in [-0.1, -0.05) is 0 Å². The monoisotopic (exact) mass is 380 g/mol. The zero-order valence-electron chi connectivity index (χ0n) is 14.8. The van der Waals surface area contributed by atoms with Crippen LogP contribution in [0.25, 0.3) is 0 Å². The molecule has 8 nitrogen and oxygen atoms in total. The molecule has 1 fully saturated rings. The van der Waals surface area contributed by atoms with Gasteiger partial charge in [0.05, 0.1) is 15.6 Å². The highest BCUT2D eigenvalue weighted by molar-refractivity contribution is 8.00. The molecule has 0 unspecified atom stereocenters. The van der Waals surface area contributed by atoms with Crippen molar-refractivity contribution in [3.63, 3.8) is 0 Å². The van der Waals surface area contributed by atoms with Gasteiger partial charge in [-0.3, -0.25) is 19.7 Å². The van der Waals surface area contributed by atoms with Gasteiger partial charge in [-0.15, -0.1) is 11.8 Å². The largest absolute Gasteiger partial charge is 0.366 e. The third kappa shape index (κ3) is 5.43. The van der Waals surface area contributed by atoms with E-state index in [9.17, 15) is 19.7 Å². The van der Waals surface area contributed by atoms with Gasteiger partial charge in [-0.25, -0.2) is 0 Å². The van der Waals surface area contributed by atoms with Crippen molar-refractivity contribution in [3.8, 4) is 0 Å². The number of hydrogen-bond acceptors (Lipinski definition) is 6. The number of likely N-dealkylation sites (tertiary alicyclic amines) is 1. The van der Waals surface area contributed by atoms with E-state index >= 15 is 0 Å². The Labute approximate surface area is 156 Å². The Morgan fingerprint density at radius 1 is 1.38 bits per heavy atom. The number of nitrogens with two attached hydrogens (primary N) is 1. The van der Waals surface area contributed by atoms with Gasteiger partial charge in [0, 0.05) is 24.7 Å². The minimum Gasteiger partial charge on any atom is -0.366 e. The van der Waals surface area contributed by atoms with Crippen LogP contribution in [-0.2, 0) is 4.79 Å². The summed E-state index contributed by atoms with van der Waals surface area (Å²) >= 11 is 1.12. The molecular formula is C17H24N4O4S. The Bertz CT molecular complexity index is 675. The Hall–Kier alpha value is -2.13. The fourth-order valence-corrected chi connectivity index (χ4v) is 3.89. The van der Waals surface area contributed by atoms with Crippen LogP contribution in [0.5, 0.6) is 0 Å². The van der Waals surface area contributed by atoms with Crippen LogP contribution in [0.4, 0.5) is 5.69 Å². The maximum Gasteiger partial charge on any atom is 0.283 e. The van der Waals surface area contributed by atoms with Crippen LogP contribution >= 0.6 is 11.8 Å². The number of nitrogens with zero attached hydrogens (tertiary/aromatic N) is 2. The zero-order valence-corrected chi connectivity index (χ0v) is 15.6. The number of thioether (sulfide) groups is 1. The van der Waals surface area contributed by atoms with Crippen molar-refractivity contribution in [3.05, 3.63) is 33.9 Å². The number of amides is 2. The molecule has 0 aromatic heterocycles. The molecule has 2 rings (SSSR count). The second-order valence-electron chi connectivity index (χ2n) is 6.31. The number of piperidine rings is 1. The molecule has 142 valence electrons. The predicted octanol–water partition coefficient (Wildman–Crippen LogP) is 1.63. The fraction of sp³-hybridized carbons (Fsp3) is 0.529. The van der Waals surface area contributed by atoms with Gasteiger partial charge in [0.2, 0.25) is 11.8 Å². The third-order valence-corrected chi connectivity index (χ3v) is 5.61. The first-order valence-electron chi connectivity index (χ1n) is 8.55. The van der Waals surface area contributed by atoms with Crippen molar-refractivity contribution in [1.82, 2.24) is 10.2 Å². The summed E-state index contributed by atoms with van der Waals surface area (Å²) in [6, 6.07) is 4.07. The second-order valence-corrected chi connectivity index (χ2v) is 7.33. The van der Waals surface area contributed by atoms with Gasteiger partial charge in [-0.2, -0.15) is 0 Å². The molecule has 1 aromatic rings. The molecule has 0 bridgehead atoms. The average Bonchev–Trinajstić information content (AvgIpc) is 2.64. The summed E-state index contributed by atoms with van der Waals surface area (Å²) in [7, 11) is 1.94. The first-order chi connectivity index (χ1) is 12.4. The van der Waals surface area contributed by atoms with Gasteiger partial charge >= 0.3 is 0 Å². The van der Waals surface area contributed by atoms with Crippen molar-refractivity contribution < 1.29 is 14.5 Å². The standard InChI is InChI=1S/C17H24N4O4S/c1-19-7-4-12-5-8-20(9-6-12)16(22)11-26-15-3-2-13(17(18)23)10-14(15)21(24)25/h2-3,10,12,19H,4-9,11H2,1H3,(H2,18,23).